The predicted octanol–water partition coefficient (Wildman–Crippen LogP) is 5.32. The zero-order valence-electron chi connectivity index (χ0n) is 11.1. The summed E-state index contributed by atoms with van der Waals surface area (Å²) in [4.78, 5) is 11.5. The smallest absolute Gasteiger partial charge is 0.381 e. The summed E-state index contributed by atoms with van der Waals surface area (Å²) in [6.07, 6.45) is -5.06. The van der Waals surface area contributed by atoms with Gasteiger partial charge in [0.15, 0.2) is 6.61 Å². The first kappa shape index (κ1) is 20.8. The Hall–Kier alpha value is -1.29. The Morgan fingerprint density at radius 2 is 1.62 bits per heavy atom. The van der Waals surface area contributed by atoms with Gasteiger partial charge in [-0.25, -0.2) is 13.6 Å². The van der Waals surface area contributed by atoms with Crippen molar-refractivity contribution in [3.63, 3.8) is 0 Å². The number of alkyl halides is 8. The van der Waals surface area contributed by atoms with E-state index in [1.807, 2.05) is 0 Å². The molecule has 0 saturated carbocycles. The number of benzene rings is 1. The van der Waals surface area contributed by atoms with Gasteiger partial charge in [-0.3, -0.25) is 0 Å². The van der Waals surface area contributed by atoms with E-state index in [0.717, 1.165) is 18.2 Å². The van der Waals surface area contributed by atoms with Crippen LogP contribution >= 0.6 is 23.2 Å². The maximum absolute atomic E-state index is 13.2. The number of ether oxygens (including phenoxy) is 1. The SMILES string of the molecule is O=C(OCC(F)(F)C(F)(F)C(F)(F)C(F)F)c1ccc(Cl)cc1Cl. The number of rotatable bonds is 6. The molecule has 0 spiro atoms. The molecule has 0 heterocycles. The zero-order chi connectivity index (χ0) is 18.9. The summed E-state index contributed by atoms with van der Waals surface area (Å²) in [5, 5.41) is -0.342. The van der Waals surface area contributed by atoms with Crippen LogP contribution in [0, 0.1) is 0 Å². The summed E-state index contributed by atoms with van der Waals surface area (Å²) < 4.78 is 105. The van der Waals surface area contributed by atoms with Crippen LogP contribution in [0.15, 0.2) is 18.2 Å². The monoisotopic (exact) mass is 404 g/mol. The van der Waals surface area contributed by atoms with E-state index in [-0.39, 0.29) is 10.0 Å². The Morgan fingerprint density at radius 1 is 1.08 bits per heavy atom. The lowest BCUT2D eigenvalue weighted by atomic mass is 10.1. The van der Waals surface area contributed by atoms with E-state index >= 15 is 0 Å². The van der Waals surface area contributed by atoms with Crippen molar-refractivity contribution in [1.29, 1.82) is 0 Å². The Kier molecular flexibility index (Phi) is 5.98. The molecule has 1 rings (SSSR count). The van der Waals surface area contributed by atoms with Gasteiger partial charge in [0.25, 0.3) is 0 Å². The second-order valence-electron chi connectivity index (χ2n) is 4.40. The summed E-state index contributed by atoms with van der Waals surface area (Å²) in [6.45, 7) is -2.57. The zero-order valence-corrected chi connectivity index (χ0v) is 12.6. The summed E-state index contributed by atoms with van der Waals surface area (Å²) in [7, 11) is 0. The van der Waals surface area contributed by atoms with E-state index in [1.165, 1.54) is 0 Å². The van der Waals surface area contributed by atoms with E-state index in [2.05, 4.69) is 4.74 Å². The quantitative estimate of drug-likeness (QED) is 0.473. The molecule has 0 unspecified atom stereocenters. The van der Waals surface area contributed by atoms with Gasteiger partial charge in [-0.15, -0.1) is 0 Å². The van der Waals surface area contributed by atoms with E-state index in [4.69, 9.17) is 23.2 Å². The molecule has 0 aliphatic heterocycles. The molecule has 0 fully saturated rings. The van der Waals surface area contributed by atoms with E-state index in [0.29, 0.717) is 0 Å². The molecule has 12 heteroatoms. The highest BCUT2D eigenvalue weighted by atomic mass is 35.5. The Morgan fingerprint density at radius 3 is 2.08 bits per heavy atom. The molecule has 0 aliphatic carbocycles. The molecule has 136 valence electrons. The average molecular weight is 405 g/mol. The van der Waals surface area contributed by atoms with Crippen LogP contribution in [0.25, 0.3) is 0 Å². The molecule has 1 aromatic carbocycles. The molecule has 0 N–H and O–H groups in total. The van der Waals surface area contributed by atoms with Crippen LogP contribution in [0.3, 0.4) is 0 Å². The van der Waals surface area contributed by atoms with Crippen molar-refractivity contribution in [2.75, 3.05) is 6.61 Å². The normalized spacial score (nSPS) is 13.3. The second kappa shape index (κ2) is 6.91. The van der Waals surface area contributed by atoms with Gasteiger partial charge >= 0.3 is 30.2 Å². The van der Waals surface area contributed by atoms with Gasteiger partial charge in [0, 0.05) is 5.02 Å². The van der Waals surface area contributed by atoms with E-state index in [1.54, 1.807) is 0 Å². The highest BCUT2D eigenvalue weighted by Crippen LogP contribution is 2.48. The molecule has 0 aromatic heterocycles. The lowest BCUT2D eigenvalue weighted by Crippen LogP contribution is -2.59. The minimum Gasteiger partial charge on any atom is -0.455 e. The second-order valence-corrected chi connectivity index (χ2v) is 5.25. The highest BCUT2D eigenvalue weighted by molar-refractivity contribution is 6.36. The van der Waals surface area contributed by atoms with Crippen LogP contribution < -0.4 is 0 Å². The first-order valence-electron chi connectivity index (χ1n) is 5.78. The van der Waals surface area contributed by atoms with Gasteiger partial charge in [-0.1, -0.05) is 23.2 Å². The molecule has 2 nitrogen and oxygen atoms in total. The number of halogens is 10. The molecule has 0 saturated heterocycles. The fraction of sp³-hybridized carbons (Fsp3) is 0.417. The third-order valence-electron chi connectivity index (χ3n) is 2.69. The lowest BCUT2D eigenvalue weighted by molar-refractivity contribution is -0.343. The van der Waals surface area contributed by atoms with Crippen molar-refractivity contribution in [2.45, 2.75) is 24.2 Å². The van der Waals surface area contributed by atoms with Gasteiger partial charge in [0.05, 0.1) is 10.6 Å². The first-order valence-corrected chi connectivity index (χ1v) is 6.53. The molecule has 0 amide bonds. The molecule has 24 heavy (non-hydrogen) atoms. The summed E-state index contributed by atoms with van der Waals surface area (Å²) in [5.74, 6) is -20.2. The van der Waals surface area contributed by atoms with Crippen LogP contribution in [-0.4, -0.2) is 36.8 Å². The lowest BCUT2D eigenvalue weighted by Gasteiger charge is -2.31. The first-order chi connectivity index (χ1) is 10.7. The fourth-order valence-electron chi connectivity index (χ4n) is 1.36. The van der Waals surface area contributed by atoms with Gasteiger partial charge < -0.3 is 4.74 Å². The Balaban J connectivity index is 2.93. The number of esters is 1. The van der Waals surface area contributed by atoms with Gasteiger partial charge in [0.1, 0.15) is 0 Å². The fourth-order valence-corrected chi connectivity index (χ4v) is 1.85. The molecular weight excluding hydrogens is 399 g/mol. The van der Waals surface area contributed by atoms with Gasteiger partial charge in [-0.05, 0) is 18.2 Å². The van der Waals surface area contributed by atoms with E-state index < -0.39 is 42.3 Å². The Labute approximate surface area is 139 Å². The van der Waals surface area contributed by atoms with Crippen molar-refractivity contribution >= 4 is 29.2 Å². The Bertz CT molecular complexity index is 621. The highest BCUT2D eigenvalue weighted by Gasteiger charge is 2.75. The predicted molar refractivity (Wildman–Crippen MR) is 67.6 cm³/mol. The number of hydrogen-bond acceptors (Lipinski definition) is 2. The minimum absolute atomic E-state index is 0.0463. The average Bonchev–Trinajstić information content (AvgIpc) is 2.44. The summed E-state index contributed by atoms with van der Waals surface area (Å²) in [5.41, 5.74) is -0.569. The van der Waals surface area contributed by atoms with Crippen molar-refractivity contribution in [3.05, 3.63) is 33.8 Å². The summed E-state index contributed by atoms with van der Waals surface area (Å²) in [6, 6.07) is 2.98. The van der Waals surface area contributed by atoms with Crippen molar-refractivity contribution in [2.24, 2.45) is 0 Å². The van der Waals surface area contributed by atoms with Crippen LogP contribution in [-0.2, 0) is 4.74 Å². The van der Waals surface area contributed by atoms with Crippen molar-refractivity contribution < 1.29 is 44.7 Å². The minimum atomic E-state index is -6.46. The van der Waals surface area contributed by atoms with Crippen LogP contribution in [0.4, 0.5) is 35.1 Å². The molecule has 0 aliphatic rings. The third-order valence-corrected chi connectivity index (χ3v) is 3.24. The van der Waals surface area contributed by atoms with Crippen LogP contribution in [0.1, 0.15) is 10.4 Å². The van der Waals surface area contributed by atoms with Crippen LogP contribution in [0.2, 0.25) is 10.0 Å². The standard InChI is InChI=1S/C12H6Cl2F8O2/c13-5-1-2-6(7(14)3-5)8(23)24-4-10(17,18)12(21,22)11(19,20)9(15)16/h1-3,9H,4H2. The molecule has 0 radical (unpaired) electrons. The number of hydrogen-bond donors (Lipinski definition) is 0. The molecule has 0 bridgehead atoms. The maximum atomic E-state index is 13.2. The molecule has 1 aromatic rings. The molecular formula is C12H6Cl2F8O2. The summed E-state index contributed by atoms with van der Waals surface area (Å²) >= 11 is 11.0. The van der Waals surface area contributed by atoms with Crippen molar-refractivity contribution in [3.8, 4) is 0 Å². The number of carbonyl (C=O) groups is 1. The van der Waals surface area contributed by atoms with E-state index in [9.17, 15) is 39.9 Å². The number of carbonyl (C=O) groups excluding carboxylic acids is 1. The largest absolute Gasteiger partial charge is 0.455 e. The van der Waals surface area contributed by atoms with Gasteiger partial charge in [-0.2, -0.15) is 26.3 Å². The maximum Gasteiger partial charge on any atom is 0.381 e. The third kappa shape index (κ3) is 3.85. The topological polar surface area (TPSA) is 26.3 Å². The van der Waals surface area contributed by atoms with Crippen molar-refractivity contribution in [1.82, 2.24) is 0 Å². The molecule has 0 atom stereocenters. The van der Waals surface area contributed by atoms with Crippen LogP contribution in [0.5, 0.6) is 0 Å². The van der Waals surface area contributed by atoms with Gasteiger partial charge in [0.2, 0.25) is 0 Å².